The van der Waals surface area contributed by atoms with Gasteiger partial charge in [-0.1, -0.05) is 0 Å². The molecule has 2 aromatic heterocycles. The monoisotopic (exact) mass is 321 g/mol. The molecule has 0 bridgehead atoms. The van der Waals surface area contributed by atoms with E-state index in [9.17, 15) is 4.79 Å². The summed E-state index contributed by atoms with van der Waals surface area (Å²) in [6.45, 7) is 1.10. The summed E-state index contributed by atoms with van der Waals surface area (Å²) in [5, 5.41) is 19.7. The zero-order valence-electron chi connectivity index (χ0n) is 12.8. The molecule has 4 rings (SSSR count). The molecule has 1 atom stereocenters. The third-order valence-corrected chi connectivity index (χ3v) is 4.26. The molecule has 8 nitrogen and oxygen atoms in total. The van der Waals surface area contributed by atoms with Crippen molar-refractivity contribution < 1.29 is 4.79 Å². The highest BCUT2D eigenvalue weighted by atomic mass is 16.2. The van der Waals surface area contributed by atoms with Gasteiger partial charge in [0, 0.05) is 24.2 Å². The van der Waals surface area contributed by atoms with Crippen LogP contribution in [0.4, 0.5) is 5.82 Å². The highest BCUT2D eigenvalue weighted by Gasteiger charge is 2.28. The fraction of sp³-hybridized carbons (Fsp3) is 0.250. The molecule has 3 heterocycles. The van der Waals surface area contributed by atoms with Crippen LogP contribution in [0.25, 0.3) is 16.6 Å². The average Bonchev–Trinajstić information content (AvgIpc) is 3.33. The maximum absolute atomic E-state index is 12.3. The van der Waals surface area contributed by atoms with Crippen LogP contribution >= 0.6 is 0 Å². The van der Waals surface area contributed by atoms with E-state index in [1.807, 2.05) is 22.8 Å². The van der Waals surface area contributed by atoms with Crippen LogP contribution in [0.5, 0.6) is 0 Å². The Morgan fingerprint density at radius 3 is 3.21 bits per heavy atom. The van der Waals surface area contributed by atoms with Crippen LogP contribution in [-0.4, -0.2) is 43.6 Å². The van der Waals surface area contributed by atoms with Crippen LogP contribution in [-0.2, 0) is 4.79 Å². The quantitative estimate of drug-likeness (QED) is 0.712. The number of H-pyrrole nitrogens is 1. The Bertz CT molecular complexity index is 935. The zero-order valence-corrected chi connectivity index (χ0v) is 12.8. The Morgan fingerprint density at radius 2 is 2.38 bits per heavy atom. The Hall–Kier alpha value is -3.34. The highest BCUT2D eigenvalue weighted by molar-refractivity contribution is 5.92. The second-order valence-corrected chi connectivity index (χ2v) is 5.83. The smallest absolute Gasteiger partial charge is 0.230 e. The van der Waals surface area contributed by atoms with Crippen LogP contribution in [0.15, 0.2) is 36.9 Å². The molecule has 0 spiro atoms. The van der Waals surface area contributed by atoms with E-state index in [0.29, 0.717) is 25.3 Å². The van der Waals surface area contributed by atoms with Crippen LogP contribution in [0, 0.1) is 17.4 Å². The summed E-state index contributed by atoms with van der Waals surface area (Å²) in [7, 11) is 0. The lowest BCUT2D eigenvalue weighted by Crippen LogP contribution is -2.25. The van der Waals surface area contributed by atoms with Gasteiger partial charge in [0.1, 0.15) is 6.33 Å². The third-order valence-electron chi connectivity index (χ3n) is 4.26. The number of likely N-dealkylation sites (tertiary alicyclic amines) is 1. The fourth-order valence-corrected chi connectivity index (χ4v) is 2.91. The number of fused-ring (bicyclic) bond motifs is 1. The third kappa shape index (κ3) is 2.56. The molecule has 0 unspecified atom stereocenters. The Morgan fingerprint density at radius 1 is 1.46 bits per heavy atom. The summed E-state index contributed by atoms with van der Waals surface area (Å²) in [6.07, 6.45) is 7.96. The summed E-state index contributed by atoms with van der Waals surface area (Å²) in [5.74, 6) is 0.235. The molecule has 1 fully saturated rings. The van der Waals surface area contributed by atoms with E-state index in [1.165, 1.54) is 0 Å². The normalized spacial score (nSPS) is 17.1. The number of nitrogens with zero attached hydrogens (tertiary/aromatic N) is 5. The van der Waals surface area contributed by atoms with E-state index in [-0.39, 0.29) is 11.8 Å². The van der Waals surface area contributed by atoms with Crippen molar-refractivity contribution in [2.45, 2.75) is 6.42 Å². The number of amides is 1. The van der Waals surface area contributed by atoms with Crippen molar-refractivity contribution in [1.29, 1.82) is 5.26 Å². The lowest BCUT2D eigenvalue weighted by Gasteiger charge is -2.08. The minimum absolute atomic E-state index is 0.0954. The Balaban J connectivity index is 1.48. The molecule has 1 saturated heterocycles. The first-order chi connectivity index (χ1) is 11.7. The minimum atomic E-state index is -0.170. The molecule has 0 saturated carbocycles. The number of imidazole rings is 1. The average molecular weight is 321 g/mol. The first kappa shape index (κ1) is 14.3. The molecule has 3 aromatic rings. The first-order valence-corrected chi connectivity index (χ1v) is 7.66. The standard InChI is InChI=1S/C16H15N7O/c17-9-22-4-3-12(7-22)16(24)20-15-8-23(10-18-15)13-2-1-11-6-19-21-14(11)5-13/h1-2,5-6,8,10,12H,3-4,7H2,(H,19,21)(H,20,24)/t12-/m0/s1. The van der Waals surface area contributed by atoms with E-state index >= 15 is 0 Å². The number of aromatic amines is 1. The van der Waals surface area contributed by atoms with E-state index in [1.54, 1.807) is 23.6 Å². The van der Waals surface area contributed by atoms with Gasteiger partial charge in [-0.25, -0.2) is 4.98 Å². The SMILES string of the molecule is N#CN1CC[C@H](C(=O)Nc2cn(-c3ccc4cn[nH]c4c3)cn2)C1. The second kappa shape index (κ2) is 5.70. The number of carbonyl (C=O) groups is 1. The topological polar surface area (TPSA) is 103 Å². The second-order valence-electron chi connectivity index (χ2n) is 5.83. The highest BCUT2D eigenvalue weighted by Crippen LogP contribution is 2.19. The molecule has 24 heavy (non-hydrogen) atoms. The number of carbonyl (C=O) groups excluding carboxylic acids is 1. The number of anilines is 1. The van der Waals surface area contributed by atoms with Gasteiger partial charge < -0.3 is 14.8 Å². The molecule has 1 aliphatic rings. The van der Waals surface area contributed by atoms with Crippen molar-refractivity contribution in [2.24, 2.45) is 5.92 Å². The molecule has 0 radical (unpaired) electrons. The molecular weight excluding hydrogens is 306 g/mol. The van der Waals surface area contributed by atoms with Crippen molar-refractivity contribution >= 4 is 22.6 Å². The van der Waals surface area contributed by atoms with Crippen LogP contribution in [0.2, 0.25) is 0 Å². The van der Waals surface area contributed by atoms with Gasteiger partial charge in [0.05, 0.1) is 23.8 Å². The molecular formula is C16H15N7O. The largest absolute Gasteiger partial charge is 0.310 e. The van der Waals surface area contributed by atoms with Gasteiger partial charge >= 0.3 is 0 Å². The molecule has 120 valence electrons. The first-order valence-electron chi connectivity index (χ1n) is 7.66. The van der Waals surface area contributed by atoms with Crippen molar-refractivity contribution in [3.8, 4) is 11.9 Å². The summed E-state index contributed by atoms with van der Waals surface area (Å²) in [5.41, 5.74) is 1.87. The summed E-state index contributed by atoms with van der Waals surface area (Å²) >= 11 is 0. The molecule has 8 heteroatoms. The lowest BCUT2D eigenvalue weighted by molar-refractivity contribution is -0.119. The van der Waals surface area contributed by atoms with Crippen molar-refractivity contribution in [3.63, 3.8) is 0 Å². The number of hydrogen-bond donors (Lipinski definition) is 2. The van der Waals surface area contributed by atoms with Gasteiger partial charge in [0.25, 0.3) is 0 Å². The minimum Gasteiger partial charge on any atom is -0.310 e. The van der Waals surface area contributed by atoms with E-state index < -0.39 is 0 Å². The number of nitriles is 1. The predicted octanol–water partition coefficient (Wildman–Crippen LogP) is 1.49. The summed E-state index contributed by atoms with van der Waals surface area (Å²) in [6, 6.07) is 5.91. The van der Waals surface area contributed by atoms with Crippen LogP contribution in [0.1, 0.15) is 6.42 Å². The Labute approximate surface area is 137 Å². The number of benzene rings is 1. The van der Waals surface area contributed by atoms with Crippen molar-refractivity contribution in [1.82, 2.24) is 24.6 Å². The van der Waals surface area contributed by atoms with Gasteiger partial charge in [-0.15, -0.1) is 0 Å². The number of hydrogen-bond acceptors (Lipinski definition) is 5. The molecule has 0 aliphatic carbocycles. The van der Waals surface area contributed by atoms with Gasteiger partial charge in [0.15, 0.2) is 12.0 Å². The number of rotatable bonds is 3. The molecule has 1 aromatic carbocycles. The Kier molecular flexibility index (Phi) is 3.39. The summed E-state index contributed by atoms with van der Waals surface area (Å²) < 4.78 is 1.84. The number of aromatic nitrogens is 4. The van der Waals surface area contributed by atoms with Gasteiger partial charge in [-0.2, -0.15) is 10.4 Å². The fourth-order valence-electron chi connectivity index (χ4n) is 2.91. The maximum atomic E-state index is 12.3. The van der Waals surface area contributed by atoms with Gasteiger partial charge in [0.2, 0.25) is 5.91 Å². The van der Waals surface area contributed by atoms with Crippen LogP contribution in [0.3, 0.4) is 0 Å². The maximum Gasteiger partial charge on any atom is 0.230 e. The predicted molar refractivity (Wildman–Crippen MR) is 87.1 cm³/mol. The number of nitrogens with one attached hydrogen (secondary N) is 2. The van der Waals surface area contributed by atoms with Gasteiger partial charge in [-0.3, -0.25) is 9.89 Å². The lowest BCUT2D eigenvalue weighted by atomic mass is 10.1. The molecule has 1 amide bonds. The zero-order chi connectivity index (χ0) is 16.5. The molecule has 2 N–H and O–H groups in total. The van der Waals surface area contributed by atoms with Crippen molar-refractivity contribution in [3.05, 3.63) is 36.9 Å². The van der Waals surface area contributed by atoms with Crippen LogP contribution < -0.4 is 5.32 Å². The van der Waals surface area contributed by atoms with Crippen molar-refractivity contribution in [2.75, 3.05) is 18.4 Å². The van der Waals surface area contributed by atoms with E-state index in [4.69, 9.17) is 5.26 Å². The molecule has 1 aliphatic heterocycles. The van der Waals surface area contributed by atoms with E-state index in [2.05, 4.69) is 26.7 Å². The summed E-state index contributed by atoms with van der Waals surface area (Å²) in [4.78, 5) is 18.1. The van der Waals surface area contributed by atoms with E-state index in [0.717, 1.165) is 16.6 Å². The van der Waals surface area contributed by atoms with Gasteiger partial charge in [-0.05, 0) is 24.6 Å².